The Morgan fingerprint density at radius 3 is 2.35 bits per heavy atom. The third kappa shape index (κ3) is 5.65. The number of ether oxygens (including phenoxy) is 2. The Bertz CT molecular complexity index is 827. The van der Waals surface area contributed by atoms with Crippen LogP contribution in [-0.4, -0.2) is 45.6 Å². The summed E-state index contributed by atoms with van der Waals surface area (Å²) in [6, 6.07) is 5.92. The third-order valence-corrected chi connectivity index (χ3v) is 4.85. The number of ketones is 1. The number of carbonyl (C=O) groups excluding carboxylic acids is 2. The van der Waals surface area contributed by atoms with Crippen molar-refractivity contribution < 1.29 is 27.5 Å². The number of carbonyl (C=O) groups is 2. The minimum absolute atomic E-state index is 0.0713. The molecule has 0 bridgehead atoms. The number of sulfonamides is 1. The predicted octanol–water partition coefficient (Wildman–Crippen LogP) is 0.654. The summed E-state index contributed by atoms with van der Waals surface area (Å²) in [5, 5.41) is 16.1. The van der Waals surface area contributed by atoms with Crippen LogP contribution in [0, 0.1) is 22.7 Å². The van der Waals surface area contributed by atoms with Crippen molar-refractivity contribution in [3.05, 3.63) is 24.3 Å². The first kappa shape index (κ1) is 21.3. The van der Waals surface area contributed by atoms with E-state index in [2.05, 4.69) is 4.72 Å². The van der Waals surface area contributed by atoms with Gasteiger partial charge in [-0.05, 0) is 38.1 Å². The Kier molecular flexibility index (Phi) is 7.42. The van der Waals surface area contributed by atoms with E-state index in [-0.39, 0.29) is 10.6 Å². The molecule has 0 aromatic heterocycles. The molecule has 10 heteroatoms. The van der Waals surface area contributed by atoms with Gasteiger partial charge in [-0.1, -0.05) is 0 Å². The molecule has 0 saturated carbocycles. The summed E-state index contributed by atoms with van der Waals surface area (Å²) in [7, 11) is -2.54. The number of rotatable bonds is 9. The lowest BCUT2D eigenvalue weighted by Crippen LogP contribution is -2.40. The summed E-state index contributed by atoms with van der Waals surface area (Å²) >= 11 is 0. The second kappa shape index (κ2) is 9.07. The summed E-state index contributed by atoms with van der Waals surface area (Å²) in [5.41, 5.74) is -0.165. The molecule has 2 N–H and O–H groups in total. The largest absolute Gasteiger partial charge is 0.497 e. The first-order valence-electron chi connectivity index (χ1n) is 7.42. The van der Waals surface area contributed by atoms with Crippen molar-refractivity contribution in [2.45, 2.75) is 24.8 Å². The molecule has 1 aromatic rings. The Balaban J connectivity index is 2.69. The number of nitrogens with zero attached hydrogens (tertiary/aromatic N) is 1. The van der Waals surface area contributed by atoms with Gasteiger partial charge in [0.2, 0.25) is 10.0 Å². The zero-order valence-electron chi connectivity index (χ0n) is 14.5. The van der Waals surface area contributed by atoms with Gasteiger partial charge in [-0.3, -0.25) is 9.59 Å². The number of esters is 1. The van der Waals surface area contributed by atoms with Crippen LogP contribution in [0.15, 0.2) is 29.2 Å². The number of Topliss-reactive ketones (excluding diaryl/α,β-unsaturated/α-hetero) is 1. The SMILES string of the molecule is COc1ccc(S(=O)(=O)N[C@@H](C)C(=O)OCC(=O)[C@@H](C#N)C(C)=N)cc1. The second-order valence-electron chi connectivity index (χ2n) is 5.34. The lowest BCUT2D eigenvalue weighted by Gasteiger charge is -2.14. The molecule has 0 unspecified atom stereocenters. The van der Waals surface area contributed by atoms with Crippen LogP contribution in [0.2, 0.25) is 0 Å². The topological polar surface area (TPSA) is 146 Å². The van der Waals surface area contributed by atoms with Crippen molar-refractivity contribution in [3.8, 4) is 11.8 Å². The van der Waals surface area contributed by atoms with Crippen molar-refractivity contribution >= 4 is 27.5 Å². The molecule has 0 spiro atoms. The van der Waals surface area contributed by atoms with Gasteiger partial charge in [-0.25, -0.2) is 8.42 Å². The Morgan fingerprint density at radius 1 is 1.31 bits per heavy atom. The normalized spacial score (nSPS) is 13.2. The maximum absolute atomic E-state index is 12.2. The van der Waals surface area contributed by atoms with Crippen molar-refractivity contribution in [2.24, 2.45) is 5.92 Å². The number of nitrogens with one attached hydrogen (secondary N) is 2. The highest BCUT2D eigenvalue weighted by atomic mass is 32.2. The van der Waals surface area contributed by atoms with Crippen molar-refractivity contribution in [1.82, 2.24) is 4.72 Å². The predicted molar refractivity (Wildman–Crippen MR) is 91.2 cm³/mol. The van der Waals surface area contributed by atoms with Gasteiger partial charge in [0, 0.05) is 5.71 Å². The van der Waals surface area contributed by atoms with E-state index in [0.717, 1.165) is 0 Å². The minimum atomic E-state index is -3.98. The standard InChI is InChI=1S/C16H19N3O6S/c1-10(18)14(8-17)15(20)9-25-16(21)11(2)19-26(22,23)13-6-4-12(24-3)5-7-13/h4-7,11,14,18-19H,9H2,1-3H3/t11-,14-/m0/s1. The molecule has 1 aromatic carbocycles. The average molecular weight is 381 g/mol. The summed E-state index contributed by atoms with van der Waals surface area (Å²) in [5.74, 6) is -2.55. The lowest BCUT2D eigenvalue weighted by atomic mass is 10.0. The van der Waals surface area contributed by atoms with Crippen molar-refractivity contribution in [1.29, 1.82) is 10.7 Å². The van der Waals surface area contributed by atoms with E-state index in [9.17, 15) is 18.0 Å². The molecule has 1 rings (SSSR count). The zero-order valence-corrected chi connectivity index (χ0v) is 15.3. The monoisotopic (exact) mass is 381 g/mol. The van der Waals surface area contributed by atoms with Crippen LogP contribution >= 0.6 is 0 Å². The van der Waals surface area contributed by atoms with E-state index in [0.29, 0.717) is 5.75 Å². The molecule has 140 valence electrons. The summed E-state index contributed by atoms with van der Waals surface area (Å²) in [6.07, 6.45) is 0. The van der Waals surface area contributed by atoms with E-state index in [1.165, 1.54) is 45.2 Å². The van der Waals surface area contributed by atoms with Crippen LogP contribution in [0.5, 0.6) is 5.75 Å². The Morgan fingerprint density at radius 2 is 1.88 bits per heavy atom. The van der Waals surface area contributed by atoms with Gasteiger partial charge in [0.25, 0.3) is 0 Å². The van der Waals surface area contributed by atoms with Gasteiger partial charge in [0.05, 0.1) is 18.1 Å². The van der Waals surface area contributed by atoms with Gasteiger partial charge in [-0.2, -0.15) is 9.98 Å². The minimum Gasteiger partial charge on any atom is -0.497 e. The molecule has 2 atom stereocenters. The zero-order chi connectivity index (χ0) is 19.9. The lowest BCUT2D eigenvalue weighted by molar-refractivity contribution is -0.149. The van der Waals surface area contributed by atoms with Crippen LogP contribution in [0.3, 0.4) is 0 Å². The highest BCUT2D eigenvalue weighted by Gasteiger charge is 2.26. The van der Waals surface area contributed by atoms with Gasteiger partial charge >= 0.3 is 5.97 Å². The van der Waals surface area contributed by atoms with Crippen LogP contribution < -0.4 is 9.46 Å². The first-order valence-corrected chi connectivity index (χ1v) is 8.91. The highest BCUT2D eigenvalue weighted by Crippen LogP contribution is 2.15. The quantitative estimate of drug-likeness (QED) is 0.471. The van der Waals surface area contributed by atoms with E-state index in [4.69, 9.17) is 20.1 Å². The molecule has 0 aliphatic carbocycles. The number of methoxy groups -OCH3 is 1. The van der Waals surface area contributed by atoms with Gasteiger partial charge in [0.1, 0.15) is 17.7 Å². The van der Waals surface area contributed by atoms with E-state index in [1.807, 2.05) is 0 Å². The molecule has 0 aliphatic rings. The van der Waals surface area contributed by atoms with E-state index >= 15 is 0 Å². The Labute approximate surface area is 151 Å². The fraction of sp³-hybridized carbons (Fsp3) is 0.375. The molecule has 0 heterocycles. The molecule has 9 nitrogen and oxygen atoms in total. The fourth-order valence-electron chi connectivity index (χ4n) is 1.86. The molecule has 0 radical (unpaired) electrons. The Hall–Kier alpha value is -2.77. The smallest absolute Gasteiger partial charge is 0.324 e. The number of hydrogen-bond donors (Lipinski definition) is 2. The molecule has 0 saturated heterocycles. The molecular formula is C16H19N3O6S. The van der Waals surface area contributed by atoms with Crippen LogP contribution in [0.25, 0.3) is 0 Å². The molecule has 0 fully saturated rings. The maximum atomic E-state index is 12.2. The molecule has 0 aliphatic heterocycles. The third-order valence-electron chi connectivity index (χ3n) is 3.30. The maximum Gasteiger partial charge on any atom is 0.324 e. The van der Waals surface area contributed by atoms with Gasteiger partial charge in [0.15, 0.2) is 12.4 Å². The van der Waals surface area contributed by atoms with E-state index < -0.39 is 40.3 Å². The van der Waals surface area contributed by atoms with Gasteiger partial charge < -0.3 is 14.9 Å². The number of hydrogen-bond acceptors (Lipinski definition) is 8. The average Bonchev–Trinajstić information content (AvgIpc) is 2.59. The van der Waals surface area contributed by atoms with Crippen molar-refractivity contribution in [2.75, 3.05) is 13.7 Å². The van der Waals surface area contributed by atoms with Crippen LogP contribution in [0.1, 0.15) is 13.8 Å². The molecule has 26 heavy (non-hydrogen) atoms. The molecular weight excluding hydrogens is 362 g/mol. The highest BCUT2D eigenvalue weighted by molar-refractivity contribution is 7.89. The van der Waals surface area contributed by atoms with Gasteiger partial charge in [-0.15, -0.1) is 0 Å². The van der Waals surface area contributed by atoms with E-state index in [1.54, 1.807) is 6.07 Å². The number of nitriles is 1. The molecule has 0 amide bonds. The van der Waals surface area contributed by atoms with Crippen LogP contribution in [-0.2, 0) is 24.3 Å². The fourth-order valence-corrected chi connectivity index (χ4v) is 3.06. The summed E-state index contributed by atoms with van der Waals surface area (Å²) in [6.45, 7) is 1.83. The summed E-state index contributed by atoms with van der Waals surface area (Å²) in [4.78, 5) is 23.5. The first-order chi connectivity index (χ1) is 12.1. The number of benzene rings is 1. The summed E-state index contributed by atoms with van der Waals surface area (Å²) < 4.78 is 36.3. The van der Waals surface area contributed by atoms with Crippen LogP contribution in [0.4, 0.5) is 0 Å². The second-order valence-corrected chi connectivity index (χ2v) is 7.05. The van der Waals surface area contributed by atoms with Crippen molar-refractivity contribution in [3.63, 3.8) is 0 Å².